The van der Waals surface area contributed by atoms with E-state index in [1.807, 2.05) is 29.2 Å². The lowest BCUT2D eigenvalue weighted by molar-refractivity contribution is -0.121. The fourth-order valence-corrected chi connectivity index (χ4v) is 3.95. The van der Waals surface area contributed by atoms with Crippen LogP contribution in [-0.4, -0.2) is 68.7 Å². The van der Waals surface area contributed by atoms with Crippen molar-refractivity contribution in [1.82, 2.24) is 15.5 Å². The summed E-state index contributed by atoms with van der Waals surface area (Å²) in [6, 6.07) is 8.19. The largest absolute Gasteiger partial charge is 0.482 e. The Morgan fingerprint density at radius 1 is 1.21 bits per heavy atom. The molecule has 0 aliphatic carbocycles. The van der Waals surface area contributed by atoms with E-state index in [2.05, 4.69) is 29.4 Å². The minimum Gasteiger partial charge on any atom is -0.482 e. The molecule has 0 spiro atoms. The van der Waals surface area contributed by atoms with Crippen LogP contribution in [-0.2, 0) is 4.79 Å². The van der Waals surface area contributed by atoms with Crippen molar-refractivity contribution in [2.24, 2.45) is 4.99 Å². The number of carbonyl (C=O) groups is 1. The number of nitrogens with zero attached hydrogens (tertiary/aromatic N) is 3. The van der Waals surface area contributed by atoms with Gasteiger partial charge in [-0.1, -0.05) is 19.1 Å². The maximum absolute atomic E-state index is 12.3. The standard InChI is InChI=1S/C22H35N5O2/c1-3-13-26-15-10-18(11-16-26)25-22(23-4-2)24-12-7-14-27-19-8-5-6-9-20(19)29-17-21(27)28/h5-6,8-9,18H,3-4,7,10-17H2,1-2H3,(H2,23,24,25). The van der Waals surface area contributed by atoms with Crippen molar-refractivity contribution >= 4 is 17.6 Å². The van der Waals surface area contributed by atoms with Crippen LogP contribution in [0.1, 0.15) is 39.5 Å². The highest BCUT2D eigenvalue weighted by Crippen LogP contribution is 2.31. The lowest BCUT2D eigenvalue weighted by Gasteiger charge is -2.32. The van der Waals surface area contributed by atoms with Crippen LogP contribution in [0.2, 0.25) is 0 Å². The third kappa shape index (κ3) is 6.10. The summed E-state index contributed by atoms with van der Waals surface area (Å²) in [6.07, 6.45) is 4.34. The molecule has 2 heterocycles. The summed E-state index contributed by atoms with van der Waals surface area (Å²) < 4.78 is 5.51. The number of piperidine rings is 1. The van der Waals surface area contributed by atoms with Gasteiger partial charge >= 0.3 is 0 Å². The number of fused-ring (bicyclic) bond motifs is 1. The molecular formula is C22H35N5O2. The van der Waals surface area contributed by atoms with Crippen molar-refractivity contribution in [1.29, 1.82) is 0 Å². The van der Waals surface area contributed by atoms with Gasteiger partial charge in [0.05, 0.1) is 5.69 Å². The minimum absolute atomic E-state index is 0.0107. The van der Waals surface area contributed by atoms with Gasteiger partial charge in [0.2, 0.25) is 0 Å². The molecule has 160 valence electrons. The quantitative estimate of drug-likeness (QED) is 0.397. The first-order valence-electron chi connectivity index (χ1n) is 11.0. The average Bonchev–Trinajstić information content (AvgIpc) is 2.74. The van der Waals surface area contributed by atoms with E-state index >= 15 is 0 Å². The number of para-hydroxylation sites is 2. The fourth-order valence-electron chi connectivity index (χ4n) is 3.95. The minimum atomic E-state index is 0.0107. The van der Waals surface area contributed by atoms with Gasteiger partial charge in [0.15, 0.2) is 12.6 Å². The number of aliphatic imine (C=N–C) groups is 1. The maximum Gasteiger partial charge on any atom is 0.265 e. The lowest BCUT2D eigenvalue weighted by Crippen LogP contribution is -2.48. The normalized spacial score (nSPS) is 18.3. The smallest absolute Gasteiger partial charge is 0.265 e. The van der Waals surface area contributed by atoms with Crippen LogP contribution in [0.25, 0.3) is 0 Å². The highest BCUT2D eigenvalue weighted by molar-refractivity contribution is 5.97. The van der Waals surface area contributed by atoms with Gasteiger partial charge in [-0.2, -0.15) is 0 Å². The third-order valence-corrected chi connectivity index (χ3v) is 5.43. The van der Waals surface area contributed by atoms with E-state index < -0.39 is 0 Å². The van der Waals surface area contributed by atoms with Crippen LogP contribution >= 0.6 is 0 Å². The molecule has 7 nitrogen and oxygen atoms in total. The average molecular weight is 402 g/mol. The van der Waals surface area contributed by atoms with E-state index in [9.17, 15) is 4.79 Å². The number of guanidine groups is 1. The number of benzene rings is 1. The summed E-state index contributed by atoms with van der Waals surface area (Å²) in [4.78, 5) is 21.4. The van der Waals surface area contributed by atoms with E-state index in [1.54, 1.807) is 0 Å². The van der Waals surface area contributed by atoms with E-state index in [4.69, 9.17) is 9.73 Å². The van der Waals surface area contributed by atoms with Crippen LogP contribution in [0.5, 0.6) is 5.75 Å². The molecule has 1 aromatic carbocycles. The Bertz CT molecular complexity index is 686. The van der Waals surface area contributed by atoms with E-state index in [-0.39, 0.29) is 12.5 Å². The van der Waals surface area contributed by atoms with Gasteiger partial charge in [-0.3, -0.25) is 9.79 Å². The van der Waals surface area contributed by atoms with Gasteiger partial charge in [0.1, 0.15) is 5.75 Å². The zero-order valence-electron chi connectivity index (χ0n) is 17.8. The Morgan fingerprint density at radius 3 is 2.76 bits per heavy atom. The number of anilines is 1. The van der Waals surface area contributed by atoms with E-state index in [0.717, 1.165) is 56.3 Å². The molecule has 1 amide bonds. The highest BCUT2D eigenvalue weighted by atomic mass is 16.5. The molecule has 2 aliphatic heterocycles. The molecule has 1 fully saturated rings. The number of nitrogens with one attached hydrogen (secondary N) is 2. The number of hydrogen-bond acceptors (Lipinski definition) is 4. The second kappa shape index (κ2) is 11.0. The molecule has 0 radical (unpaired) electrons. The molecule has 0 saturated carbocycles. The Morgan fingerprint density at radius 2 is 2.00 bits per heavy atom. The Kier molecular flexibility index (Phi) is 8.16. The van der Waals surface area contributed by atoms with Crippen molar-refractivity contribution in [2.75, 3.05) is 50.8 Å². The van der Waals surface area contributed by atoms with Gasteiger partial charge in [-0.15, -0.1) is 0 Å². The second-order valence-corrected chi connectivity index (χ2v) is 7.68. The van der Waals surface area contributed by atoms with Crippen molar-refractivity contribution in [3.63, 3.8) is 0 Å². The number of carbonyl (C=O) groups excluding carboxylic acids is 1. The fraction of sp³-hybridized carbons (Fsp3) is 0.636. The van der Waals surface area contributed by atoms with Crippen LogP contribution in [0, 0.1) is 0 Å². The molecule has 29 heavy (non-hydrogen) atoms. The van der Waals surface area contributed by atoms with Crippen molar-refractivity contribution in [3.8, 4) is 5.75 Å². The third-order valence-electron chi connectivity index (χ3n) is 5.43. The predicted molar refractivity (Wildman–Crippen MR) is 118 cm³/mol. The molecule has 1 aromatic rings. The Hall–Kier alpha value is -2.28. The van der Waals surface area contributed by atoms with Crippen molar-refractivity contribution in [3.05, 3.63) is 24.3 Å². The number of rotatable bonds is 8. The molecule has 0 bridgehead atoms. The van der Waals surface area contributed by atoms with Crippen LogP contribution in [0.15, 0.2) is 29.3 Å². The number of ether oxygens (including phenoxy) is 1. The summed E-state index contributed by atoms with van der Waals surface area (Å²) in [7, 11) is 0. The summed E-state index contributed by atoms with van der Waals surface area (Å²) in [5.74, 6) is 1.67. The molecule has 7 heteroatoms. The first-order chi connectivity index (χ1) is 14.2. The first-order valence-corrected chi connectivity index (χ1v) is 11.0. The van der Waals surface area contributed by atoms with Crippen molar-refractivity contribution < 1.29 is 9.53 Å². The SMILES string of the molecule is CCCN1CCC(NC(=NCCCN2C(=O)COc3ccccc32)NCC)CC1. The van der Waals surface area contributed by atoms with Gasteiger partial charge in [-0.05, 0) is 51.3 Å². The predicted octanol–water partition coefficient (Wildman–Crippen LogP) is 2.23. The molecule has 0 unspecified atom stereocenters. The van der Waals surface area contributed by atoms with Gasteiger partial charge in [0.25, 0.3) is 5.91 Å². The summed E-state index contributed by atoms with van der Waals surface area (Å²) >= 11 is 0. The summed E-state index contributed by atoms with van der Waals surface area (Å²) in [5.41, 5.74) is 0.858. The van der Waals surface area contributed by atoms with Gasteiger partial charge in [-0.25, -0.2) is 0 Å². The van der Waals surface area contributed by atoms with Crippen molar-refractivity contribution in [2.45, 2.75) is 45.6 Å². The monoisotopic (exact) mass is 401 g/mol. The number of hydrogen-bond donors (Lipinski definition) is 2. The molecular weight excluding hydrogens is 366 g/mol. The summed E-state index contributed by atoms with van der Waals surface area (Å²) in [6.45, 7) is 10.1. The van der Waals surface area contributed by atoms with Crippen LogP contribution in [0.3, 0.4) is 0 Å². The van der Waals surface area contributed by atoms with Crippen LogP contribution in [0.4, 0.5) is 5.69 Å². The lowest BCUT2D eigenvalue weighted by atomic mass is 10.1. The number of amides is 1. The molecule has 0 aromatic heterocycles. The van der Waals surface area contributed by atoms with E-state index in [0.29, 0.717) is 19.1 Å². The number of likely N-dealkylation sites (tertiary alicyclic amines) is 1. The van der Waals surface area contributed by atoms with Gasteiger partial charge in [0, 0.05) is 38.8 Å². The zero-order chi connectivity index (χ0) is 20.5. The molecule has 1 saturated heterocycles. The molecule has 3 rings (SSSR count). The Labute approximate surface area is 174 Å². The summed E-state index contributed by atoms with van der Waals surface area (Å²) in [5, 5.41) is 6.95. The first kappa shape index (κ1) is 21.4. The maximum atomic E-state index is 12.3. The zero-order valence-corrected chi connectivity index (χ0v) is 17.8. The van der Waals surface area contributed by atoms with Crippen LogP contribution < -0.4 is 20.3 Å². The Balaban J connectivity index is 1.48. The molecule has 0 atom stereocenters. The van der Waals surface area contributed by atoms with E-state index in [1.165, 1.54) is 13.0 Å². The highest BCUT2D eigenvalue weighted by Gasteiger charge is 2.24. The molecule has 2 aliphatic rings. The second-order valence-electron chi connectivity index (χ2n) is 7.68. The topological polar surface area (TPSA) is 69.2 Å². The van der Waals surface area contributed by atoms with Gasteiger partial charge < -0.3 is 25.2 Å². The molecule has 2 N–H and O–H groups in total.